The number of methoxy groups -OCH3 is 2. The van der Waals surface area contributed by atoms with Crippen molar-refractivity contribution in [2.24, 2.45) is 5.73 Å². The minimum absolute atomic E-state index is 0.146. The minimum Gasteiger partial charge on any atom is -0.496 e. The second-order valence-corrected chi connectivity index (χ2v) is 8.95. The molecule has 1 aliphatic carbocycles. The number of rotatable bonds is 15. The summed E-state index contributed by atoms with van der Waals surface area (Å²) in [6, 6.07) is 4.01. The molecule has 0 spiro atoms. The van der Waals surface area contributed by atoms with Gasteiger partial charge in [-0.1, -0.05) is 58.3 Å². The Balaban J connectivity index is 1.65. The maximum atomic E-state index is 7.89. The molecular formula is C25H39N5O2. The first kappa shape index (κ1) is 24.1. The number of benzene rings is 1. The number of nitrogens with zero attached hydrogens (tertiary/aromatic N) is 2. The van der Waals surface area contributed by atoms with Crippen LogP contribution in [0.2, 0.25) is 0 Å². The van der Waals surface area contributed by atoms with E-state index in [-0.39, 0.29) is 5.84 Å². The lowest BCUT2D eigenvalue weighted by Gasteiger charge is -2.14. The third-order valence-electron chi connectivity index (χ3n) is 6.60. The van der Waals surface area contributed by atoms with Crippen molar-refractivity contribution < 1.29 is 9.47 Å². The molecule has 1 aromatic carbocycles. The molecule has 3 rings (SSSR count). The zero-order valence-corrected chi connectivity index (χ0v) is 19.9. The normalized spacial score (nSPS) is 14.3. The van der Waals surface area contributed by atoms with Gasteiger partial charge in [0, 0.05) is 6.07 Å². The number of aryl methyl sites for hydroxylation is 1. The number of H-pyrrole nitrogens is 1. The van der Waals surface area contributed by atoms with Crippen molar-refractivity contribution in [3.8, 4) is 22.9 Å². The Hall–Kier alpha value is -2.57. The predicted molar refractivity (Wildman–Crippen MR) is 129 cm³/mol. The highest BCUT2D eigenvalue weighted by Gasteiger charge is 2.50. The van der Waals surface area contributed by atoms with Crippen molar-refractivity contribution >= 4 is 5.84 Å². The van der Waals surface area contributed by atoms with E-state index in [0.717, 1.165) is 42.6 Å². The molecule has 7 nitrogen and oxygen atoms in total. The van der Waals surface area contributed by atoms with Crippen LogP contribution in [-0.4, -0.2) is 35.2 Å². The van der Waals surface area contributed by atoms with E-state index in [2.05, 4.69) is 28.2 Å². The Morgan fingerprint density at radius 2 is 1.62 bits per heavy atom. The van der Waals surface area contributed by atoms with Crippen LogP contribution in [0, 0.1) is 5.41 Å². The van der Waals surface area contributed by atoms with E-state index in [0.29, 0.717) is 17.4 Å². The van der Waals surface area contributed by atoms with Crippen molar-refractivity contribution in [1.82, 2.24) is 15.2 Å². The largest absolute Gasteiger partial charge is 0.496 e. The van der Waals surface area contributed by atoms with Crippen LogP contribution in [0.15, 0.2) is 12.1 Å². The number of hydrogen-bond donors (Lipinski definition) is 3. The molecular weight excluding hydrogens is 402 g/mol. The van der Waals surface area contributed by atoms with Gasteiger partial charge in [0.05, 0.1) is 25.2 Å². The molecule has 0 unspecified atom stereocenters. The zero-order valence-electron chi connectivity index (χ0n) is 19.9. The van der Waals surface area contributed by atoms with Gasteiger partial charge in [-0.3, -0.25) is 10.5 Å². The summed E-state index contributed by atoms with van der Waals surface area (Å²) in [5.41, 5.74) is 7.31. The van der Waals surface area contributed by atoms with Gasteiger partial charge < -0.3 is 15.2 Å². The molecule has 1 fully saturated rings. The summed E-state index contributed by atoms with van der Waals surface area (Å²) in [4.78, 5) is 4.68. The van der Waals surface area contributed by atoms with Gasteiger partial charge in [-0.25, -0.2) is 4.98 Å². The maximum absolute atomic E-state index is 7.89. The molecule has 176 valence electrons. The minimum atomic E-state index is -0.468. The van der Waals surface area contributed by atoms with E-state index < -0.39 is 5.41 Å². The number of hydrogen-bond acceptors (Lipinski definition) is 5. The zero-order chi connectivity index (χ0) is 23.0. The number of ether oxygens (including phenoxy) is 2. The Labute approximate surface area is 192 Å². The van der Waals surface area contributed by atoms with Crippen LogP contribution in [0.25, 0.3) is 11.4 Å². The molecule has 0 radical (unpaired) electrons. The highest BCUT2D eigenvalue weighted by molar-refractivity contribution is 5.91. The highest BCUT2D eigenvalue weighted by Crippen LogP contribution is 2.47. The molecule has 2 aromatic rings. The van der Waals surface area contributed by atoms with Crippen LogP contribution >= 0.6 is 0 Å². The second kappa shape index (κ2) is 11.3. The molecule has 0 bridgehead atoms. The highest BCUT2D eigenvalue weighted by atomic mass is 16.5. The predicted octanol–water partition coefficient (Wildman–Crippen LogP) is 5.53. The van der Waals surface area contributed by atoms with Gasteiger partial charge in [-0.05, 0) is 37.3 Å². The molecule has 1 aromatic heterocycles. The SMILES string of the molecule is CCCCCCCCCCCc1cc(-c2n[nH]c(C3(C(=N)N)CC3)n2)c(OC)cc1OC. The van der Waals surface area contributed by atoms with E-state index in [1.807, 2.05) is 6.07 Å². The van der Waals surface area contributed by atoms with E-state index in [1.54, 1.807) is 14.2 Å². The van der Waals surface area contributed by atoms with E-state index >= 15 is 0 Å². The first-order chi connectivity index (χ1) is 15.6. The number of aromatic amines is 1. The van der Waals surface area contributed by atoms with E-state index in [9.17, 15) is 0 Å². The monoisotopic (exact) mass is 441 g/mol. The van der Waals surface area contributed by atoms with Gasteiger partial charge >= 0.3 is 0 Å². The summed E-state index contributed by atoms with van der Waals surface area (Å²) in [6.45, 7) is 2.26. The second-order valence-electron chi connectivity index (χ2n) is 8.95. The van der Waals surface area contributed by atoms with Crippen molar-refractivity contribution in [3.05, 3.63) is 23.5 Å². The van der Waals surface area contributed by atoms with Crippen LogP contribution in [0.3, 0.4) is 0 Å². The Kier molecular flexibility index (Phi) is 8.53. The summed E-state index contributed by atoms with van der Waals surface area (Å²) in [5.74, 6) is 2.89. The van der Waals surface area contributed by atoms with Crippen molar-refractivity contribution in [1.29, 1.82) is 5.41 Å². The van der Waals surface area contributed by atoms with Crippen LogP contribution < -0.4 is 15.2 Å². The molecule has 4 N–H and O–H groups in total. The standard InChI is InChI=1S/C25H39N5O2/c1-4-5-6-7-8-9-10-11-12-13-18-16-19(21(32-3)17-20(18)31-2)22-28-24(30-29-22)25(14-15-25)23(26)27/h16-17H,4-15H2,1-3H3,(H3,26,27)(H,28,29,30). The molecule has 0 atom stereocenters. The molecule has 7 heteroatoms. The Bertz CT molecular complexity index is 888. The quantitative estimate of drug-likeness (QED) is 0.191. The number of unbranched alkanes of at least 4 members (excludes halogenated alkanes) is 8. The first-order valence-electron chi connectivity index (χ1n) is 12.1. The summed E-state index contributed by atoms with van der Waals surface area (Å²) >= 11 is 0. The van der Waals surface area contributed by atoms with Crippen LogP contribution in [-0.2, 0) is 11.8 Å². The topological polar surface area (TPSA) is 110 Å². The van der Waals surface area contributed by atoms with E-state index in [1.165, 1.54) is 51.4 Å². The molecule has 1 saturated carbocycles. The fourth-order valence-electron chi connectivity index (χ4n) is 4.32. The van der Waals surface area contributed by atoms with Crippen LogP contribution in [0.5, 0.6) is 11.5 Å². The van der Waals surface area contributed by atoms with Crippen molar-refractivity contribution in [2.45, 2.75) is 89.4 Å². The molecule has 0 aliphatic heterocycles. The number of nitrogens with two attached hydrogens (primary N) is 1. The van der Waals surface area contributed by atoms with Gasteiger partial charge in [-0.2, -0.15) is 5.10 Å². The summed E-state index contributed by atoms with van der Waals surface area (Å²) in [6.07, 6.45) is 14.3. The van der Waals surface area contributed by atoms with Gasteiger partial charge in [0.25, 0.3) is 0 Å². The lowest BCUT2D eigenvalue weighted by molar-refractivity contribution is 0.391. The summed E-state index contributed by atoms with van der Waals surface area (Å²) in [7, 11) is 3.34. The summed E-state index contributed by atoms with van der Waals surface area (Å²) < 4.78 is 11.3. The third kappa shape index (κ3) is 5.61. The fourth-order valence-corrected chi connectivity index (χ4v) is 4.32. The maximum Gasteiger partial charge on any atom is 0.184 e. The number of nitrogens with one attached hydrogen (secondary N) is 2. The number of aromatic nitrogens is 3. The van der Waals surface area contributed by atoms with Gasteiger partial charge in [0.2, 0.25) is 0 Å². The van der Waals surface area contributed by atoms with Crippen LogP contribution in [0.1, 0.15) is 88.9 Å². The smallest absolute Gasteiger partial charge is 0.184 e. The average Bonchev–Trinajstić information content (AvgIpc) is 3.48. The molecule has 1 aliphatic rings. The molecule has 1 heterocycles. The lowest BCUT2D eigenvalue weighted by Crippen LogP contribution is -2.28. The molecule has 32 heavy (non-hydrogen) atoms. The van der Waals surface area contributed by atoms with Gasteiger partial charge in [-0.15, -0.1) is 0 Å². The van der Waals surface area contributed by atoms with Gasteiger partial charge in [0.1, 0.15) is 23.2 Å². The van der Waals surface area contributed by atoms with Crippen molar-refractivity contribution in [2.75, 3.05) is 14.2 Å². The van der Waals surface area contributed by atoms with Crippen LogP contribution in [0.4, 0.5) is 0 Å². The van der Waals surface area contributed by atoms with Crippen molar-refractivity contribution in [3.63, 3.8) is 0 Å². The van der Waals surface area contributed by atoms with Gasteiger partial charge in [0.15, 0.2) is 5.82 Å². The third-order valence-corrected chi connectivity index (χ3v) is 6.60. The van der Waals surface area contributed by atoms with E-state index in [4.69, 9.17) is 20.6 Å². The number of amidine groups is 1. The molecule has 0 saturated heterocycles. The summed E-state index contributed by atoms with van der Waals surface area (Å²) in [5, 5.41) is 15.3. The first-order valence-corrected chi connectivity index (χ1v) is 12.1. The molecule has 0 amide bonds. The average molecular weight is 442 g/mol. The Morgan fingerprint density at radius 1 is 1.00 bits per heavy atom. The fraction of sp³-hybridized carbons (Fsp3) is 0.640. The lowest BCUT2D eigenvalue weighted by atomic mass is 10.0. The Morgan fingerprint density at radius 3 is 2.19 bits per heavy atom.